The van der Waals surface area contributed by atoms with Crippen LogP contribution in [0, 0.1) is 5.92 Å². The molecular formula is C20H30O2. The van der Waals surface area contributed by atoms with E-state index in [1.807, 2.05) is 30.3 Å². The van der Waals surface area contributed by atoms with Gasteiger partial charge in [0, 0.05) is 6.42 Å². The molecule has 1 saturated carbocycles. The van der Waals surface area contributed by atoms with E-state index in [0.717, 1.165) is 17.9 Å². The smallest absolute Gasteiger partial charge is 0.158 e. The fraction of sp³-hybridized carbons (Fsp3) is 0.650. The Hall–Kier alpha value is -1.15. The van der Waals surface area contributed by atoms with Gasteiger partial charge in [-0.3, -0.25) is 4.79 Å². The van der Waals surface area contributed by atoms with Crippen molar-refractivity contribution in [2.75, 3.05) is 6.61 Å². The topological polar surface area (TPSA) is 26.3 Å². The lowest BCUT2D eigenvalue weighted by Crippen LogP contribution is -2.09. The molecule has 2 heteroatoms. The highest BCUT2D eigenvalue weighted by atomic mass is 16.5. The lowest BCUT2D eigenvalue weighted by atomic mass is 9.85. The van der Waals surface area contributed by atoms with E-state index >= 15 is 0 Å². The zero-order valence-electron chi connectivity index (χ0n) is 13.8. The summed E-state index contributed by atoms with van der Waals surface area (Å²) < 4.78 is 5.48. The first-order valence-corrected chi connectivity index (χ1v) is 8.98. The molecule has 1 aliphatic rings. The van der Waals surface area contributed by atoms with Crippen molar-refractivity contribution in [1.82, 2.24) is 0 Å². The van der Waals surface area contributed by atoms with Crippen LogP contribution in [0.15, 0.2) is 30.3 Å². The Morgan fingerprint density at radius 2 is 1.77 bits per heavy atom. The molecule has 0 aromatic heterocycles. The molecule has 2 rings (SSSR count). The second-order valence-corrected chi connectivity index (χ2v) is 6.62. The van der Waals surface area contributed by atoms with Gasteiger partial charge >= 0.3 is 0 Å². The van der Waals surface area contributed by atoms with Crippen LogP contribution in [0.3, 0.4) is 0 Å². The highest BCUT2D eigenvalue weighted by Gasteiger charge is 2.12. The molecule has 1 aliphatic carbocycles. The minimum Gasteiger partial charge on any atom is -0.369 e. The van der Waals surface area contributed by atoms with Crippen molar-refractivity contribution in [2.45, 2.75) is 70.8 Å². The van der Waals surface area contributed by atoms with Gasteiger partial charge in [-0.05, 0) is 17.9 Å². The molecule has 1 fully saturated rings. The molecule has 1 aromatic rings. The van der Waals surface area contributed by atoms with Gasteiger partial charge in [0.25, 0.3) is 0 Å². The summed E-state index contributed by atoms with van der Waals surface area (Å²) in [6.07, 6.45) is 12.7. The summed E-state index contributed by atoms with van der Waals surface area (Å²) in [4.78, 5) is 11.8. The Kier molecular flexibility index (Phi) is 8.26. The van der Waals surface area contributed by atoms with Crippen molar-refractivity contribution < 1.29 is 9.53 Å². The Balaban J connectivity index is 1.44. The van der Waals surface area contributed by atoms with Gasteiger partial charge in [-0.25, -0.2) is 0 Å². The van der Waals surface area contributed by atoms with E-state index in [2.05, 4.69) is 0 Å². The van der Waals surface area contributed by atoms with Crippen LogP contribution in [-0.4, -0.2) is 12.4 Å². The van der Waals surface area contributed by atoms with E-state index in [-0.39, 0.29) is 12.4 Å². The molecule has 122 valence electrons. The summed E-state index contributed by atoms with van der Waals surface area (Å²) in [5, 5.41) is 0. The van der Waals surface area contributed by atoms with E-state index in [4.69, 9.17) is 4.74 Å². The first-order chi connectivity index (χ1) is 10.8. The number of hydrogen-bond acceptors (Lipinski definition) is 2. The molecule has 0 saturated heterocycles. The number of carbonyl (C=O) groups excluding carboxylic acids is 1. The second-order valence-electron chi connectivity index (χ2n) is 6.62. The Bertz CT molecular complexity index is 407. The fourth-order valence-electron chi connectivity index (χ4n) is 3.34. The third kappa shape index (κ3) is 7.22. The predicted molar refractivity (Wildman–Crippen MR) is 90.8 cm³/mol. The Labute approximate surface area is 135 Å². The van der Waals surface area contributed by atoms with Crippen molar-refractivity contribution in [3.05, 3.63) is 35.9 Å². The lowest BCUT2D eigenvalue weighted by molar-refractivity contribution is -0.124. The monoisotopic (exact) mass is 302 g/mol. The molecule has 0 bridgehead atoms. The maximum absolute atomic E-state index is 11.8. The van der Waals surface area contributed by atoms with Gasteiger partial charge in [-0.1, -0.05) is 81.7 Å². The SMILES string of the molecule is O=C(CCCCCC1CCCCC1)COCc1ccccc1. The number of unbranched alkanes of at least 4 members (excludes halogenated alkanes) is 2. The third-order valence-corrected chi connectivity index (χ3v) is 4.67. The van der Waals surface area contributed by atoms with Crippen molar-refractivity contribution >= 4 is 5.78 Å². The molecule has 1 aromatic carbocycles. The second kappa shape index (κ2) is 10.6. The summed E-state index contributed by atoms with van der Waals surface area (Å²) in [7, 11) is 0. The van der Waals surface area contributed by atoms with Crippen molar-refractivity contribution in [1.29, 1.82) is 0 Å². The molecule has 0 atom stereocenters. The van der Waals surface area contributed by atoms with Gasteiger partial charge in [0.1, 0.15) is 6.61 Å². The summed E-state index contributed by atoms with van der Waals surface area (Å²) in [5.41, 5.74) is 1.13. The maximum atomic E-state index is 11.8. The number of hydrogen-bond donors (Lipinski definition) is 0. The van der Waals surface area contributed by atoms with Gasteiger partial charge in [0.2, 0.25) is 0 Å². The molecule has 2 nitrogen and oxygen atoms in total. The largest absolute Gasteiger partial charge is 0.369 e. The molecule has 0 radical (unpaired) electrons. The van der Waals surface area contributed by atoms with Crippen LogP contribution in [0.1, 0.15) is 69.8 Å². The number of benzene rings is 1. The Morgan fingerprint density at radius 3 is 2.55 bits per heavy atom. The van der Waals surface area contributed by atoms with E-state index in [1.54, 1.807) is 0 Å². The van der Waals surface area contributed by atoms with Crippen LogP contribution >= 0.6 is 0 Å². The molecule has 0 spiro atoms. The average molecular weight is 302 g/mol. The van der Waals surface area contributed by atoms with Crippen LogP contribution in [0.2, 0.25) is 0 Å². The Morgan fingerprint density at radius 1 is 1.00 bits per heavy atom. The van der Waals surface area contributed by atoms with Gasteiger partial charge < -0.3 is 4.74 Å². The first-order valence-electron chi connectivity index (χ1n) is 8.98. The normalized spacial score (nSPS) is 15.8. The quantitative estimate of drug-likeness (QED) is 0.548. The molecular weight excluding hydrogens is 272 g/mol. The lowest BCUT2D eigenvalue weighted by Gasteiger charge is -2.21. The van der Waals surface area contributed by atoms with Crippen LogP contribution in [0.5, 0.6) is 0 Å². The van der Waals surface area contributed by atoms with E-state index in [9.17, 15) is 4.79 Å². The molecule has 0 heterocycles. The predicted octanol–water partition coefficient (Wildman–Crippen LogP) is 5.30. The van der Waals surface area contributed by atoms with E-state index < -0.39 is 0 Å². The average Bonchev–Trinajstić information content (AvgIpc) is 2.56. The van der Waals surface area contributed by atoms with Gasteiger partial charge in [0.15, 0.2) is 5.78 Å². The summed E-state index contributed by atoms with van der Waals surface area (Å²) in [6.45, 7) is 0.797. The summed E-state index contributed by atoms with van der Waals surface area (Å²) in [6, 6.07) is 10.0. The zero-order chi connectivity index (χ0) is 15.5. The van der Waals surface area contributed by atoms with Gasteiger partial charge in [0.05, 0.1) is 6.61 Å². The van der Waals surface area contributed by atoms with E-state index in [1.165, 1.54) is 51.4 Å². The highest BCUT2D eigenvalue weighted by Crippen LogP contribution is 2.27. The van der Waals surface area contributed by atoms with Gasteiger partial charge in [-0.2, -0.15) is 0 Å². The summed E-state index contributed by atoms with van der Waals surface area (Å²) in [5.74, 6) is 1.22. The van der Waals surface area contributed by atoms with Crippen LogP contribution < -0.4 is 0 Å². The van der Waals surface area contributed by atoms with Crippen molar-refractivity contribution in [3.8, 4) is 0 Å². The van der Waals surface area contributed by atoms with E-state index in [0.29, 0.717) is 13.0 Å². The standard InChI is InChI=1S/C20H30O2/c21-20(17-22-16-19-13-7-2-8-14-19)15-9-3-6-12-18-10-4-1-5-11-18/h2,7-8,13-14,18H,1,3-6,9-12,15-17H2. The molecule has 0 N–H and O–H groups in total. The molecule has 0 amide bonds. The first kappa shape index (κ1) is 17.2. The van der Waals surface area contributed by atoms with Crippen LogP contribution in [0.4, 0.5) is 0 Å². The van der Waals surface area contributed by atoms with Crippen molar-refractivity contribution in [3.63, 3.8) is 0 Å². The maximum Gasteiger partial charge on any atom is 0.158 e. The third-order valence-electron chi connectivity index (χ3n) is 4.67. The molecule has 0 aliphatic heterocycles. The van der Waals surface area contributed by atoms with Crippen LogP contribution in [-0.2, 0) is 16.1 Å². The molecule has 22 heavy (non-hydrogen) atoms. The zero-order valence-corrected chi connectivity index (χ0v) is 13.8. The number of rotatable bonds is 10. The van der Waals surface area contributed by atoms with Crippen LogP contribution in [0.25, 0.3) is 0 Å². The minimum atomic E-state index is 0.244. The highest BCUT2D eigenvalue weighted by molar-refractivity contribution is 5.79. The number of ether oxygens (including phenoxy) is 1. The number of Topliss-reactive ketones (excluding diaryl/α,β-unsaturated/α-hetero) is 1. The summed E-state index contributed by atoms with van der Waals surface area (Å²) >= 11 is 0. The fourth-order valence-corrected chi connectivity index (χ4v) is 3.34. The van der Waals surface area contributed by atoms with Crippen molar-refractivity contribution in [2.24, 2.45) is 5.92 Å². The minimum absolute atomic E-state index is 0.244. The number of carbonyl (C=O) groups is 1. The molecule has 0 unspecified atom stereocenters. The number of ketones is 1. The van der Waals surface area contributed by atoms with Gasteiger partial charge in [-0.15, -0.1) is 0 Å².